The number of rotatable bonds is 1. The van der Waals surface area contributed by atoms with Gasteiger partial charge in [0.25, 0.3) is 0 Å². The summed E-state index contributed by atoms with van der Waals surface area (Å²) >= 11 is 0. The summed E-state index contributed by atoms with van der Waals surface area (Å²) in [7, 11) is 0. The largest absolute Gasteiger partial charge is 0.444 e. The third kappa shape index (κ3) is 3.89. The van der Waals surface area contributed by atoms with E-state index in [0.717, 1.165) is 25.1 Å². The van der Waals surface area contributed by atoms with Gasteiger partial charge in [-0.05, 0) is 51.3 Å². The summed E-state index contributed by atoms with van der Waals surface area (Å²) in [5.41, 5.74) is 7.38. The van der Waals surface area contributed by atoms with E-state index in [1.54, 1.807) is 0 Å². The molecule has 4 heteroatoms. The smallest absolute Gasteiger partial charge is 0.410 e. The van der Waals surface area contributed by atoms with Gasteiger partial charge in [-0.15, -0.1) is 0 Å². The van der Waals surface area contributed by atoms with Crippen LogP contribution in [0.5, 0.6) is 0 Å². The Hall–Kier alpha value is -1.71. The maximum absolute atomic E-state index is 12.1. The standard InChI is InChI=1S/C16H24N2O2/c1-16(2,3)20-15(19)18-9-5-7-13(11-18)12-6-4-8-14(17)10-12/h4,6,8,10,13H,5,7,9,11,17H2,1-3H3/t13-/m1/s1. The average Bonchev–Trinajstić information content (AvgIpc) is 2.37. The lowest BCUT2D eigenvalue weighted by molar-refractivity contribution is 0.0198. The van der Waals surface area contributed by atoms with Crippen LogP contribution >= 0.6 is 0 Å². The molecule has 110 valence electrons. The first kappa shape index (κ1) is 14.7. The van der Waals surface area contributed by atoms with Gasteiger partial charge < -0.3 is 15.4 Å². The number of piperidine rings is 1. The van der Waals surface area contributed by atoms with Crippen LogP contribution in [0.25, 0.3) is 0 Å². The topological polar surface area (TPSA) is 55.6 Å². The average molecular weight is 276 g/mol. The van der Waals surface area contributed by atoms with Crippen LogP contribution in [0.2, 0.25) is 0 Å². The molecule has 1 amide bonds. The number of amides is 1. The number of likely N-dealkylation sites (tertiary alicyclic amines) is 1. The van der Waals surface area contributed by atoms with Crippen molar-refractivity contribution in [1.29, 1.82) is 0 Å². The fourth-order valence-corrected chi connectivity index (χ4v) is 2.55. The molecule has 2 N–H and O–H groups in total. The van der Waals surface area contributed by atoms with Crippen molar-refractivity contribution in [3.05, 3.63) is 29.8 Å². The number of hydrogen-bond acceptors (Lipinski definition) is 3. The molecule has 1 heterocycles. The first-order valence-corrected chi connectivity index (χ1v) is 7.18. The monoisotopic (exact) mass is 276 g/mol. The molecule has 0 aromatic heterocycles. The quantitative estimate of drug-likeness (QED) is 0.800. The number of nitrogens with zero attached hydrogens (tertiary/aromatic N) is 1. The Labute approximate surface area is 120 Å². The summed E-state index contributed by atoms with van der Waals surface area (Å²) in [6, 6.07) is 7.94. The summed E-state index contributed by atoms with van der Waals surface area (Å²) in [6.07, 6.45) is 1.87. The van der Waals surface area contributed by atoms with E-state index in [1.165, 1.54) is 5.56 Å². The fraction of sp³-hybridized carbons (Fsp3) is 0.562. The molecule has 2 rings (SSSR count). The molecule has 0 unspecified atom stereocenters. The fourth-order valence-electron chi connectivity index (χ4n) is 2.55. The Balaban J connectivity index is 2.03. The summed E-state index contributed by atoms with van der Waals surface area (Å²) < 4.78 is 5.45. The van der Waals surface area contributed by atoms with Gasteiger partial charge >= 0.3 is 6.09 Å². The van der Waals surface area contributed by atoms with Gasteiger partial charge in [0, 0.05) is 24.7 Å². The van der Waals surface area contributed by atoms with Crippen molar-refractivity contribution in [3.8, 4) is 0 Å². The number of carbonyl (C=O) groups is 1. The predicted molar refractivity (Wildman–Crippen MR) is 80.6 cm³/mol. The Kier molecular flexibility index (Phi) is 4.21. The highest BCUT2D eigenvalue weighted by molar-refractivity contribution is 5.68. The van der Waals surface area contributed by atoms with Crippen molar-refractivity contribution in [2.45, 2.75) is 45.1 Å². The molecular formula is C16H24N2O2. The summed E-state index contributed by atoms with van der Waals surface area (Å²) in [5.74, 6) is 0.347. The number of nitrogen functional groups attached to an aromatic ring is 1. The minimum absolute atomic E-state index is 0.217. The summed E-state index contributed by atoms with van der Waals surface area (Å²) in [4.78, 5) is 13.9. The van der Waals surface area contributed by atoms with E-state index in [-0.39, 0.29) is 6.09 Å². The second-order valence-corrected chi connectivity index (χ2v) is 6.44. The highest BCUT2D eigenvalue weighted by atomic mass is 16.6. The van der Waals surface area contributed by atoms with Crippen LogP contribution in [0, 0.1) is 0 Å². The van der Waals surface area contributed by atoms with Crippen molar-refractivity contribution in [1.82, 2.24) is 4.90 Å². The summed E-state index contributed by atoms with van der Waals surface area (Å²) in [6.45, 7) is 7.16. The Morgan fingerprint density at radius 2 is 2.15 bits per heavy atom. The Morgan fingerprint density at radius 3 is 2.80 bits per heavy atom. The van der Waals surface area contributed by atoms with Gasteiger partial charge in [-0.3, -0.25) is 0 Å². The lowest BCUT2D eigenvalue weighted by Crippen LogP contribution is -2.42. The zero-order valence-electron chi connectivity index (χ0n) is 12.6. The summed E-state index contributed by atoms with van der Waals surface area (Å²) in [5, 5.41) is 0. The zero-order chi connectivity index (χ0) is 14.8. The minimum atomic E-state index is -0.443. The van der Waals surface area contributed by atoms with Gasteiger partial charge in [0.15, 0.2) is 0 Å². The number of benzene rings is 1. The molecule has 0 saturated carbocycles. The SMILES string of the molecule is CC(C)(C)OC(=O)N1CCC[C@@H](c2cccc(N)c2)C1. The zero-order valence-corrected chi connectivity index (χ0v) is 12.6. The molecule has 0 aliphatic carbocycles. The molecule has 0 bridgehead atoms. The molecule has 0 spiro atoms. The van der Waals surface area contributed by atoms with Gasteiger partial charge in [-0.25, -0.2) is 4.79 Å². The molecule has 1 atom stereocenters. The van der Waals surface area contributed by atoms with Crippen LogP contribution in [0.1, 0.15) is 45.1 Å². The van der Waals surface area contributed by atoms with Gasteiger partial charge in [0.05, 0.1) is 0 Å². The molecule has 1 aromatic rings. The van der Waals surface area contributed by atoms with Gasteiger partial charge in [0.1, 0.15) is 5.60 Å². The Bertz CT molecular complexity index is 480. The van der Waals surface area contributed by atoms with Crippen LogP contribution < -0.4 is 5.73 Å². The van der Waals surface area contributed by atoms with Gasteiger partial charge in [-0.2, -0.15) is 0 Å². The number of nitrogens with two attached hydrogens (primary N) is 1. The number of anilines is 1. The second-order valence-electron chi connectivity index (χ2n) is 6.44. The molecule has 1 saturated heterocycles. The van der Waals surface area contributed by atoms with E-state index >= 15 is 0 Å². The van der Waals surface area contributed by atoms with Crippen molar-refractivity contribution >= 4 is 11.8 Å². The van der Waals surface area contributed by atoms with Gasteiger partial charge in [-0.1, -0.05) is 12.1 Å². The van der Waals surface area contributed by atoms with Crippen molar-refractivity contribution in [2.75, 3.05) is 18.8 Å². The van der Waals surface area contributed by atoms with E-state index in [2.05, 4.69) is 6.07 Å². The van der Waals surface area contributed by atoms with E-state index in [4.69, 9.17) is 10.5 Å². The van der Waals surface area contributed by atoms with E-state index in [0.29, 0.717) is 12.5 Å². The van der Waals surface area contributed by atoms with E-state index in [1.807, 2.05) is 43.9 Å². The van der Waals surface area contributed by atoms with E-state index in [9.17, 15) is 4.79 Å². The third-order valence-electron chi connectivity index (χ3n) is 3.46. The minimum Gasteiger partial charge on any atom is -0.444 e. The molecule has 0 radical (unpaired) electrons. The lowest BCUT2D eigenvalue weighted by atomic mass is 9.90. The van der Waals surface area contributed by atoms with Crippen LogP contribution in [0.4, 0.5) is 10.5 Å². The highest BCUT2D eigenvalue weighted by Gasteiger charge is 2.28. The first-order chi connectivity index (χ1) is 9.35. The van der Waals surface area contributed by atoms with Crippen molar-refractivity contribution in [2.24, 2.45) is 0 Å². The van der Waals surface area contributed by atoms with Crippen LogP contribution in [-0.4, -0.2) is 29.7 Å². The second kappa shape index (κ2) is 5.73. The highest BCUT2D eigenvalue weighted by Crippen LogP contribution is 2.28. The maximum atomic E-state index is 12.1. The van der Waals surface area contributed by atoms with Crippen LogP contribution in [0.15, 0.2) is 24.3 Å². The van der Waals surface area contributed by atoms with Crippen LogP contribution in [0.3, 0.4) is 0 Å². The third-order valence-corrected chi connectivity index (χ3v) is 3.46. The molecule has 20 heavy (non-hydrogen) atoms. The maximum Gasteiger partial charge on any atom is 0.410 e. The van der Waals surface area contributed by atoms with Crippen molar-refractivity contribution < 1.29 is 9.53 Å². The number of hydrogen-bond donors (Lipinski definition) is 1. The van der Waals surface area contributed by atoms with E-state index < -0.39 is 5.60 Å². The predicted octanol–water partition coefficient (Wildman–Crippen LogP) is 3.38. The normalized spacial score (nSPS) is 19.8. The number of carbonyl (C=O) groups excluding carboxylic acids is 1. The Morgan fingerprint density at radius 1 is 1.40 bits per heavy atom. The molecule has 1 aliphatic rings. The molecule has 1 fully saturated rings. The number of ether oxygens (including phenoxy) is 1. The first-order valence-electron chi connectivity index (χ1n) is 7.18. The van der Waals surface area contributed by atoms with Gasteiger partial charge in [0.2, 0.25) is 0 Å². The molecule has 4 nitrogen and oxygen atoms in total. The molecule has 1 aliphatic heterocycles. The van der Waals surface area contributed by atoms with Crippen LogP contribution in [-0.2, 0) is 4.74 Å². The molecule has 1 aromatic carbocycles. The van der Waals surface area contributed by atoms with Crippen molar-refractivity contribution in [3.63, 3.8) is 0 Å². The molecular weight excluding hydrogens is 252 g/mol. The lowest BCUT2D eigenvalue weighted by Gasteiger charge is -2.34.